The summed E-state index contributed by atoms with van der Waals surface area (Å²) >= 11 is 0. The van der Waals surface area contributed by atoms with Crippen molar-refractivity contribution in [3.8, 4) is 0 Å². The van der Waals surface area contributed by atoms with E-state index in [0.717, 1.165) is 18.2 Å². The second-order valence-electron chi connectivity index (χ2n) is 3.60. The highest BCUT2D eigenvalue weighted by Gasteiger charge is 2.18. The smallest absolute Gasteiger partial charge is 0.270 e. The van der Waals surface area contributed by atoms with E-state index < -0.39 is 16.5 Å². The average Bonchev–Trinajstić information content (AvgIpc) is 2.28. The van der Waals surface area contributed by atoms with Crippen LogP contribution in [-0.2, 0) is 0 Å². The summed E-state index contributed by atoms with van der Waals surface area (Å²) in [5.74, 6) is -1.34. The van der Waals surface area contributed by atoms with Gasteiger partial charge in [-0.1, -0.05) is 19.9 Å². The SMILES string of the molecule is C=C(CCC)C(=O)c1cc([N+](=O)[O-])ccc1F. The van der Waals surface area contributed by atoms with E-state index in [1.807, 2.05) is 6.92 Å². The standard InChI is InChI=1S/C12H12FNO3/c1-3-4-8(2)12(15)10-7-9(14(16)17)5-6-11(10)13/h5-7H,2-4H2,1H3. The summed E-state index contributed by atoms with van der Waals surface area (Å²) < 4.78 is 13.4. The molecule has 17 heavy (non-hydrogen) atoms. The van der Waals surface area contributed by atoms with Gasteiger partial charge in [0.15, 0.2) is 5.78 Å². The van der Waals surface area contributed by atoms with Gasteiger partial charge < -0.3 is 0 Å². The number of carbonyl (C=O) groups excluding carboxylic acids is 1. The molecule has 0 saturated heterocycles. The van der Waals surface area contributed by atoms with Crippen LogP contribution in [0.1, 0.15) is 30.1 Å². The zero-order valence-electron chi connectivity index (χ0n) is 9.40. The van der Waals surface area contributed by atoms with Crippen molar-refractivity contribution >= 4 is 11.5 Å². The second kappa shape index (κ2) is 5.34. The highest BCUT2D eigenvalue weighted by Crippen LogP contribution is 2.20. The maximum atomic E-state index is 13.4. The van der Waals surface area contributed by atoms with Gasteiger partial charge in [0.05, 0.1) is 10.5 Å². The monoisotopic (exact) mass is 237 g/mol. The van der Waals surface area contributed by atoms with Gasteiger partial charge in [0.25, 0.3) is 5.69 Å². The minimum atomic E-state index is -0.766. The van der Waals surface area contributed by atoms with E-state index in [-0.39, 0.29) is 16.8 Å². The number of Topliss-reactive ketones (excluding diaryl/α,β-unsaturated/α-hetero) is 1. The van der Waals surface area contributed by atoms with Crippen LogP contribution in [0.25, 0.3) is 0 Å². The Morgan fingerprint density at radius 2 is 2.18 bits per heavy atom. The minimum Gasteiger partial charge on any atom is -0.289 e. The van der Waals surface area contributed by atoms with Crippen molar-refractivity contribution in [3.63, 3.8) is 0 Å². The number of hydrogen-bond donors (Lipinski definition) is 0. The van der Waals surface area contributed by atoms with E-state index in [2.05, 4.69) is 6.58 Å². The lowest BCUT2D eigenvalue weighted by Gasteiger charge is -2.04. The Bertz CT molecular complexity index is 483. The lowest BCUT2D eigenvalue weighted by Crippen LogP contribution is -2.06. The molecule has 0 radical (unpaired) electrons. The van der Waals surface area contributed by atoms with Crippen molar-refractivity contribution in [2.45, 2.75) is 19.8 Å². The number of ketones is 1. The highest BCUT2D eigenvalue weighted by molar-refractivity contribution is 6.08. The largest absolute Gasteiger partial charge is 0.289 e. The third-order valence-electron chi connectivity index (χ3n) is 2.28. The molecule has 0 spiro atoms. The normalized spacial score (nSPS) is 10.0. The minimum absolute atomic E-state index is 0.256. The fourth-order valence-corrected chi connectivity index (χ4v) is 1.41. The molecular formula is C12H12FNO3. The van der Waals surface area contributed by atoms with Crippen LogP contribution < -0.4 is 0 Å². The van der Waals surface area contributed by atoms with Gasteiger partial charge in [-0.2, -0.15) is 0 Å². The number of halogens is 1. The molecule has 0 aliphatic carbocycles. The topological polar surface area (TPSA) is 60.2 Å². The van der Waals surface area contributed by atoms with Gasteiger partial charge in [-0.25, -0.2) is 4.39 Å². The van der Waals surface area contributed by atoms with Crippen molar-refractivity contribution in [1.29, 1.82) is 0 Å². The fourth-order valence-electron chi connectivity index (χ4n) is 1.41. The van der Waals surface area contributed by atoms with E-state index in [1.54, 1.807) is 0 Å². The molecule has 0 unspecified atom stereocenters. The zero-order valence-corrected chi connectivity index (χ0v) is 9.40. The van der Waals surface area contributed by atoms with Gasteiger partial charge in [-0.3, -0.25) is 14.9 Å². The lowest BCUT2D eigenvalue weighted by atomic mass is 10.0. The molecule has 1 aromatic rings. The number of carbonyl (C=O) groups is 1. The van der Waals surface area contributed by atoms with E-state index in [9.17, 15) is 19.3 Å². The Morgan fingerprint density at radius 3 is 2.71 bits per heavy atom. The molecule has 0 N–H and O–H groups in total. The Kier molecular flexibility index (Phi) is 4.09. The molecule has 0 fully saturated rings. The fraction of sp³-hybridized carbons (Fsp3) is 0.250. The van der Waals surface area contributed by atoms with Crippen molar-refractivity contribution in [2.75, 3.05) is 0 Å². The van der Waals surface area contributed by atoms with E-state index in [4.69, 9.17) is 0 Å². The quantitative estimate of drug-likeness (QED) is 0.341. The molecule has 0 amide bonds. The molecule has 0 bridgehead atoms. The summed E-state index contributed by atoms with van der Waals surface area (Å²) in [5.41, 5.74) is -0.344. The first-order chi connectivity index (χ1) is 7.97. The molecule has 1 rings (SSSR count). The highest BCUT2D eigenvalue weighted by atomic mass is 19.1. The second-order valence-corrected chi connectivity index (χ2v) is 3.60. The summed E-state index contributed by atoms with van der Waals surface area (Å²) in [6.07, 6.45) is 1.15. The van der Waals surface area contributed by atoms with Crippen molar-refractivity contribution in [3.05, 3.63) is 51.8 Å². The van der Waals surface area contributed by atoms with Crippen LogP contribution in [0.2, 0.25) is 0 Å². The van der Waals surface area contributed by atoms with Crippen LogP contribution in [0.15, 0.2) is 30.4 Å². The van der Waals surface area contributed by atoms with Gasteiger partial charge >= 0.3 is 0 Å². The number of benzene rings is 1. The lowest BCUT2D eigenvalue weighted by molar-refractivity contribution is -0.384. The summed E-state index contributed by atoms with van der Waals surface area (Å²) in [4.78, 5) is 21.6. The van der Waals surface area contributed by atoms with Gasteiger partial charge in [0.2, 0.25) is 0 Å². The van der Waals surface area contributed by atoms with Crippen LogP contribution in [0.3, 0.4) is 0 Å². The number of rotatable bonds is 5. The Hall–Kier alpha value is -2.04. The molecular weight excluding hydrogens is 225 g/mol. The number of hydrogen-bond acceptors (Lipinski definition) is 3. The van der Waals surface area contributed by atoms with E-state index >= 15 is 0 Å². The van der Waals surface area contributed by atoms with Crippen LogP contribution in [0, 0.1) is 15.9 Å². The molecule has 0 aromatic heterocycles. The van der Waals surface area contributed by atoms with Crippen LogP contribution in [0.5, 0.6) is 0 Å². The van der Waals surface area contributed by atoms with E-state index in [1.165, 1.54) is 0 Å². The Morgan fingerprint density at radius 1 is 1.53 bits per heavy atom. The van der Waals surface area contributed by atoms with Crippen LogP contribution in [-0.4, -0.2) is 10.7 Å². The molecule has 0 saturated carbocycles. The first-order valence-electron chi connectivity index (χ1n) is 5.13. The molecule has 90 valence electrons. The van der Waals surface area contributed by atoms with Gasteiger partial charge in [-0.05, 0) is 18.1 Å². The summed E-state index contributed by atoms with van der Waals surface area (Å²) in [5, 5.41) is 10.5. The zero-order chi connectivity index (χ0) is 13.0. The van der Waals surface area contributed by atoms with Gasteiger partial charge in [0.1, 0.15) is 5.82 Å². The van der Waals surface area contributed by atoms with Crippen LogP contribution in [0.4, 0.5) is 10.1 Å². The van der Waals surface area contributed by atoms with E-state index in [0.29, 0.717) is 12.8 Å². The first-order valence-corrected chi connectivity index (χ1v) is 5.13. The first kappa shape index (κ1) is 13.0. The van der Waals surface area contributed by atoms with Gasteiger partial charge in [-0.15, -0.1) is 0 Å². The molecule has 0 aliphatic rings. The van der Waals surface area contributed by atoms with Crippen LogP contribution >= 0.6 is 0 Å². The molecule has 0 aliphatic heterocycles. The maximum absolute atomic E-state index is 13.4. The number of non-ortho nitro benzene ring substituents is 1. The van der Waals surface area contributed by atoms with Crippen molar-refractivity contribution < 1.29 is 14.1 Å². The number of allylic oxidation sites excluding steroid dienone is 1. The Labute approximate surface area is 97.9 Å². The number of nitro benzene ring substituents is 1. The number of nitrogens with zero attached hydrogens (tertiary/aromatic N) is 1. The molecule has 1 aromatic carbocycles. The molecule has 4 nitrogen and oxygen atoms in total. The maximum Gasteiger partial charge on any atom is 0.270 e. The summed E-state index contributed by atoms with van der Waals surface area (Å²) in [7, 11) is 0. The van der Waals surface area contributed by atoms with Crippen molar-refractivity contribution in [1.82, 2.24) is 0 Å². The third-order valence-corrected chi connectivity index (χ3v) is 2.28. The molecule has 5 heteroatoms. The third kappa shape index (κ3) is 2.96. The van der Waals surface area contributed by atoms with Crippen molar-refractivity contribution in [2.24, 2.45) is 0 Å². The summed E-state index contributed by atoms with van der Waals surface area (Å²) in [6, 6.07) is 2.89. The predicted octanol–water partition coefficient (Wildman–Crippen LogP) is 3.27. The average molecular weight is 237 g/mol. The molecule has 0 heterocycles. The Balaban J connectivity index is 3.12. The molecule has 0 atom stereocenters. The number of nitro groups is 1. The summed E-state index contributed by atoms with van der Waals surface area (Å²) in [6.45, 7) is 5.41. The van der Waals surface area contributed by atoms with Gasteiger partial charge in [0, 0.05) is 12.1 Å². The predicted molar refractivity (Wildman–Crippen MR) is 61.4 cm³/mol.